The Labute approximate surface area is 103 Å². The molecule has 2 heterocycles. The number of alkyl halides is 3. The van der Waals surface area contributed by atoms with Gasteiger partial charge in [-0.1, -0.05) is 19.9 Å². The molecule has 0 radical (unpaired) electrons. The Morgan fingerprint density at radius 3 is 2.44 bits per heavy atom. The van der Waals surface area contributed by atoms with E-state index in [4.69, 9.17) is 0 Å². The lowest BCUT2D eigenvalue weighted by Crippen LogP contribution is -2.65. The number of hydrogen-bond acceptors (Lipinski definition) is 3. The maximum atomic E-state index is 12.5. The van der Waals surface area contributed by atoms with Crippen molar-refractivity contribution in [2.75, 3.05) is 18.0 Å². The Kier molecular flexibility index (Phi) is 3.01. The molecule has 1 aromatic heterocycles. The Morgan fingerprint density at radius 1 is 1.33 bits per heavy atom. The number of β-amino-alcohol motifs (C(OH)–C–C–N with tert-alkyl or cyclic N) is 1. The molecule has 18 heavy (non-hydrogen) atoms. The van der Waals surface area contributed by atoms with Gasteiger partial charge in [-0.2, -0.15) is 13.2 Å². The highest BCUT2D eigenvalue weighted by Gasteiger charge is 2.44. The molecule has 6 heteroatoms. The molecule has 0 aromatic carbocycles. The monoisotopic (exact) mass is 260 g/mol. The predicted octanol–water partition coefficient (Wildman–Crippen LogP) is 2.31. The van der Waals surface area contributed by atoms with Crippen LogP contribution in [0, 0.1) is 5.92 Å². The van der Waals surface area contributed by atoms with Gasteiger partial charge in [0.2, 0.25) is 0 Å². The van der Waals surface area contributed by atoms with Crippen LogP contribution >= 0.6 is 0 Å². The second-order valence-electron chi connectivity index (χ2n) is 4.99. The molecule has 1 aliphatic heterocycles. The minimum Gasteiger partial charge on any atom is -0.386 e. The highest BCUT2D eigenvalue weighted by Crippen LogP contribution is 2.34. The molecule has 1 aromatic rings. The standard InChI is InChI=1S/C12H15F3N2O/c1-8(2)11(18)6-17(7-11)10-5-3-4-9(16-10)12(13,14)15/h3-5,8,18H,6-7H2,1-2H3. The van der Waals surface area contributed by atoms with Crippen LogP contribution < -0.4 is 4.90 Å². The number of pyridine rings is 1. The van der Waals surface area contributed by atoms with Crippen LogP contribution in [0.4, 0.5) is 19.0 Å². The first-order chi connectivity index (χ1) is 8.22. The molecule has 0 saturated carbocycles. The third kappa shape index (κ3) is 2.29. The molecule has 1 N–H and O–H groups in total. The fourth-order valence-electron chi connectivity index (χ4n) is 1.90. The SMILES string of the molecule is CC(C)C1(O)CN(c2cccc(C(F)(F)F)n2)C1. The molecule has 1 aliphatic rings. The van der Waals surface area contributed by atoms with Gasteiger partial charge in [0.15, 0.2) is 0 Å². The largest absolute Gasteiger partial charge is 0.433 e. The summed E-state index contributed by atoms with van der Waals surface area (Å²) in [7, 11) is 0. The van der Waals surface area contributed by atoms with Gasteiger partial charge in [-0.3, -0.25) is 0 Å². The van der Waals surface area contributed by atoms with E-state index in [1.54, 1.807) is 4.90 Å². The van der Waals surface area contributed by atoms with Crippen molar-refractivity contribution >= 4 is 5.82 Å². The summed E-state index contributed by atoms with van der Waals surface area (Å²) in [6.07, 6.45) is -4.44. The molecule has 1 saturated heterocycles. The van der Waals surface area contributed by atoms with Crippen LogP contribution in [0.15, 0.2) is 18.2 Å². The van der Waals surface area contributed by atoms with Crippen LogP contribution in [-0.2, 0) is 6.18 Å². The Bertz CT molecular complexity index is 439. The fourth-order valence-corrected chi connectivity index (χ4v) is 1.90. The van der Waals surface area contributed by atoms with Crippen molar-refractivity contribution in [1.29, 1.82) is 0 Å². The van der Waals surface area contributed by atoms with Crippen molar-refractivity contribution in [2.24, 2.45) is 5.92 Å². The normalized spacial score (nSPS) is 18.9. The van der Waals surface area contributed by atoms with E-state index in [1.807, 2.05) is 13.8 Å². The minimum absolute atomic E-state index is 0.0690. The second kappa shape index (κ2) is 4.12. The second-order valence-corrected chi connectivity index (χ2v) is 4.99. The molecule has 0 spiro atoms. The number of aromatic nitrogens is 1. The van der Waals surface area contributed by atoms with Crippen molar-refractivity contribution in [1.82, 2.24) is 4.98 Å². The average Bonchev–Trinajstić information content (AvgIpc) is 2.23. The van der Waals surface area contributed by atoms with Crippen LogP contribution in [0.25, 0.3) is 0 Å². The van der Waals surface area contributed by atoms with Crippen LogP contribution in [-0.4, -0.2) is 28.8 Å². The first kappa shape index (κ1) is 13.1. The average molecular weight is 260 g/mol. The van der Waals surface area contributed by atoms with Gasteiger partial charge in [0.1, 0.15) is 17.1 Å². The molecular weight excluding hydrogens is 245 g/mol. The van der Waals surface area contributed by atoms with E-state index < -0.39 is 17.5 Å². The van der Waals surface area contributed by atoms with Gasteiger partial charge in [-0.05, 0) is 18.1 Å². The van der Waals surface area contributed by atoms with E-state index in [-0.39, 0.29) is 11.7 Å². The minimum atomic E-state index is -4.44. The Balaban J connectivity index is 2.13. The van der Waals surface area contributed by atoms with Crippen molar-refractivity contribution in [2.45, 2.75) is 25.6 Å². The number of hydrogen-bond donors (Lipinski definition) is 1. The maximum Gasteiger partial charge on any atom is 0.433 e. The summed E-state index contributed by atoms with van der Waals surface area (Å²) in [4.78, 5) is 5.23. The predicted molar refractivity (Wildman–Crippen MR) is 61.2 cm³/mol. The number of nitrogens with zero attached hydrogens (tertiary/aromatic N) is 2. The van der Waals surface area contributed by atoms with Crippen molar-refractivity contribution < 1.29 is 18.3 Å². The third-order valence-corrected chi connectivity index (χ3v) is 3.35. The van der Waals surface area contributed by atoms with Gasteiger partial charge in [-0.15, -0.1) is 0 Å². The highest BCUT2D eigenvalue weighted by molar-refractivity contribution is 5.45. The van der Waals surface area contributed by atoms with Crippen molar-refractivity contribution in [3.05, 3.63) is 23.9 Å². The van der Waals surface area contributed by atoms with Gasteiger partial charge in [0.05, 0.1) is 13.1 Å². The summed E-state index contributed by atoms with van der Waals surface area (Å²) in [6, 6.07) is 3.80. The van der Waals surface area contributed by atoms with Crippen LogP contribution in [0.2, 0.25) is 0 Å². The van der Waals surface area contributed by atoms with Gasteiger partial charge in [0, 0.05) is 0 Å². The summed E-state index contributed by atoms with van der Waals surface area (Å²) in [5.74, 6) is 0.328. The maximum absolute atomic E-state index is 12.5. The summed E-state index contributed by atoms with van der Waals surface area (Å²) < 4.78 is 37.5. The molecule has 0 amide bonds. The van der Waals surface area contributed by atoms with Gasteiger partial charge in [-0.25, -0.2) is 4.98 Å². The zero-order valence-corrected chi connectivity index (χ0v) is 10.2. The van der Waals surface area contributed by atoms with E-state index >= 15 is 0 Å². The third-order valence-electron chi connectivity index (χ3n) is 3.35. The number of aliphatic hydroxyl groups is 1. The fraction of sp³-hybridized carbons (Fsp3) is 0.583. The first-order valence-corrected chi connectivity index (χ1v) is 5.74. The molecule has 0 atom stereocenters. The van der Waals surface area contributed by atoms with E-state index in [0.29, 0.717) is 13.1 Å². The van der Waals surface area contributed by atoms with Crippen molar-refractivity contribution in [3.63, 3.8) is 0 Å². The molecule has 100 valence electrons. The zero-order valence-electron chi connectivity index (χ0n) is 10.2. The molecule has 0 aliphatic carbocycles. The summed E-state index contributed by atoms with van der Waals surface area (Å²) in [5.41, 5.74) is -1.73. The summed E-state index contributed by atoms with van der Waals surface area (Å²) in [6.45, 7) is 4.41. The van der Waals surface area contributed by atoms with Crippen LogP contribution in [0.3, 0.4) is 0 Å². The highest BCUT2D eigenvalue weighted by atomic mass is 19.4. The number of halogens is 3. The Morgan fingerprint density at radius 2 is 1.94 bits per heavy atom. The molecular formula is C12H15F3N2O. The van der Waals surface area contributed by atoms with Gasteiger partial charge < -0.3 is 10.0 Å². The molecule has 0 unspecified atom stereocenters. The van der Waals surface area contributed by atoms with E-state index in [9.17, 15) is 18.3 Å². The lowest BCUT2D eigenvalue weighted by molar-refractivity contribution is -0.141. The molecule has 1 fully saturated rings. The van der Waals surface area contributed by atoms with Crippen LogP contribution in [0.1, 0.15) is 19.5 Å². The number of anilines is 1. The summed E-state index contributed by atoms with van der Waals surface area (Å²) >= 11 is 0. The Hall–Kier alpha value is -1.30. The number of rotatable bonds is 2. The molecule has 0 bridgehead atoms. The quantitative estimate of drug-likeness (QED) is 0.886. The molecule has 3 nitrogen and oxygen atoms in total. The van der Waals surface area contributed by atoms with E-state index in [0.717, 1.165) is 6.07 Å². The van der Waals surface area contributed by atoms with Gasteiger partial charge >= 0.3 is 6.18 Å². The van der Waals surface area contributed by atoms with E-state index in [1.165, 1.54) is 12.1 Å². The molecule has 2 rings (SSSR count). The smallest absolute Gasteiger partial charge is 0.386 e. The lowest BCUT2D eigenvalue weighted by atomic mass is 9.83. The first-order valence-electron chi connectivity index (χ1n) is 5.74. The van der Waals surface area contributed by atoms with E-state index in [2.05, 4.69) is 4.98 Å². The topological polar surface area (TPSA) is 36.4 Å². The van der Waals surface area contributed by atoms with Crippen molar-refractivity contribution in [3.8, 4) is 0 Å². The summed E-state index contributed by atoms with van der Waals surface area (Å²) in [5, 5.41) is 10.1. The van der Waals surface area contributed by atoms with Crippen LogP contribution in [0.5, 0.6) is 0 Å². The lowest BCUT2D eigenvalue weighted by Gasteiger charge is -2.49. The van der Waals surface area contributed by atoms with Gasteiger partial charge in [0.25, 0.3) is 0 Å². The zero-order chi connectivity index (χ0) is 13.6.